The van der Waals surface area contributed by atoms with Gasteiger partial charge in [-0.05, 0) is 49.2 Å². The van der Waals surface area contributed by atoms with Crippen molar-refractivity contribution in [2.45, 2.75) is 26.0 Å². The second-order valence-corrected chi connectivity index (χ2v) is 6.61. The van der Waals surface area contributed by atoms with E-state index >= 15 is 0 Å². The average Bonchev–Trinajstić information content (AvgIpc) is 2.74. The lowest BCUT2D eigenvalue weighted by Crippen LogP contribution is -2.22. The number of rotatable bonds is 8. The van der Waals surface area contributed by atoms with Crippen LogP contribution >= 0.6 is 0 Å². The minimum Gasteiger partial charge on any atom is -0.386 e. The second-order valence-electron chi connectivity index (χ2n) is 6.61. The molecule has 0 fully saturated rings. The van der Waals surface area contributed by atoms with Crippen LogP contribution in [0.25, 0.3) is 0 Å². The normalized spacial score (nSPS) is 13.0. The van der Waals surface area contributed by atoms with Crippen LogP contribution in [0, 0.1) is 0 Å². The number of benzene rings is 3. The topological polar surface area (TPSA) is 35.5 Å². The number of aliphatic hydroxyl groups is 1. The van der Waals surface area contributed by atoms with Crippen molar-refractivity contribution in [1.82, 2.24) is 0 Å². The molecule has 140 valence electrons. The molecule has 0 aromatic heterocycles. The van der Waals surface area contributed by atoms with Gasteiger partial charge in [-0.25, -0.2) is 0 Å². The molecule has 0 aliphatic carbocycles. The minimum atomic E-state index is -0.643. The Morgan fingerprint density at radius 2 is 1.26 bits per heavy atom. The number of nitrogens with zero attached hydrogens (tertiary/aromatic N) is 1. The van der Waals surface area contributed by atoms with Crippen LogP contribution in [0.3, 0.4) is 0 Å². The van der Waals surface area contributed by atoms with Gasteiger partial charge in [0.1, 0.15) is 6.10 Å². The summed E-state index contributed by atoms with van der Waals surface area (Å²) in [6.45, 7) is 6.31. The fourth-order valence-electron chi connectivity index (χ4n) is 3.38. The highest BCUT2D eigenvalue weighted by Crippen LogP contribution is 2.32. The Balaban J connectivity index is 1.86. The molecule has 0 saturated carbocycles. The molecule has 3 rings (SSSR count). The molecule has 3 heteroatoms. The minimum absolute atomic E-state index is 0.229. The van der Waals surface area contributed by atoms with Gasteiger partial charge in [0.05, 0.1) is 6.04 Å². The Morgan fingerprint density at radius 1 is 0.741 bits per heavy atom. The lowest BCUT2D eigenvalue weighted by molar-refractivity contribution is 0.155. The first-order chi connectivity index (χ1) is 13.2. The van der Waals surface area contributed by atoms with E-state index in [2.05, 4.69) is 48.3 Å². The molecular weight excluding hydrogens is 332 g/mol. The van der Waals surface area contributed by atoms with Crippen molar-refractivity contribution >= 4 is 11.4 Å². The molecule has 2 N–H and O–H groups in total. The number of nitrogens with one attached hydrogen (secondary N) is 1. The number of aliphatic hydroxyl groups excluding tert-OH is 1. The summed E-state index contributed by atoms with van der Waals surface area (Å²) in [6, 6.07) is 28.1. The summed E-state index contributed by atoms with van der Waals surface area (Å²) in [5, 5.41) is 14.6. The lowest BCUT2D eigenvalue weighted by Gasteiger charge is -2.27. The van der Waals surface area contributed by atoms with Crippen molar-refractivity contribution in [3.05, 3.63) is 96.1 Å². The molecule has 27 heavy (non-hydrogen) atoms. The molecule has 0 aliphatic rings. The van der Waals surface area contributed by atoms with Gasteiger partial charge in [0, 0.05) is 24.5 Å². The van der Waals surface area contributed by atoms with Gasteiger partial charge < -0.3 is 15.3 Å². The zero-order valence-electron chi connectivity index (χ0n) is 16.0. The predicted octanol–water partition coefficient (Wildman–Crippen LogP) is 5.42. The van der Waals surface area contributed by atoms with Crippen LogP contribution in [0.4, 0.5) is 11.4 Å². The molecule has 3 nitrogen and oxygen atoms in total. The first-order valence-electron chi connectivity index (χ1n) is 9.62. The molecule has 0 saturated heterocycles. The quantitative estimate of drug-likeness (QED) is 0.563. The highest BCUT2D eigenvalue weighted by molar-refractivity contribution is 5.56. The van der Waals surface area contributed by atoms with E-state index in [9.17, 15) is 5.11 Å². The Labute approximate surface area is 162 Å². The van der Waals surface area contributed by atoms with Gasteiger partial charge in [0.2, 0.25) is 0 Å². The summed E-state index contributed by atoms with van der Waals surface area (Å²) in [4.78, 5) is 2.32. The van der Waals surface area contributed by atoms with Crippen LogP contribution in [-0.4, -0.2) is 18.2 Å². The van der Waals surface area contributed by atoms with E-state index in [4.69, 9.17) is 0 Å². The second kappa shape index (κ2) is 9.24. The Bertz CT molecular complexity index is 799. The Hall–Kier alpha value is -2.78. The molecule has 0 aliphatic heterocycles. The maximum atomic E-state index is 11.0. The van der Waals surface area contributed by atoms with Gasteiger partial charge in [0.25, 0.3) is 0 Å². The van der Waals surface area contributed by atoms with E-state index in [1.165, 1.54) is 5.69 Å². The molecule has 0 amide bonds. The zero-order chi connectivity index (χ0) is 19.1. The van der Waals surface area contributed by atoms with E-state index in [1.54, 1.807) is 0 Å². The number of hydrogen-bond acceptors (Lipinski definition) is 3. The summed E-state index contributed by atoms with van der Waals surface area (Å²) in [5.41, 5.74) is 4.17. The molecule has 0 unspecified atom stereocenters. The van der Waals surface area contributed by atoms with Gasteiger partial charge in [-0.1, -0.05) is 60.7 Å². The first-order valence-corrected chi connectivity index (χ1v) is 9.62. The Morgan fingerprint density at radius 3 is 1.78 bits per heavy atom. The van der Waals surface area contributed by atoms with Crippen LogP contribution < -0.4 is 10.2 Å². The maximum Gasteiger partial charge on any atom is 0.103 e. The fraction of sp³-hybridized carbons (Fsp3) is 0.250. The van der Waals surface area contributed by atoms with Crippen molar-refractivity contribution in [3.63, 3.8) is 0 Å². The van der Waals surface area contributed by atoms with Crippen molar-refractivity contribution in [1.29, 1.82) is 0 Å². The third-order valence-corrected chi connectivity index (χ3v) is 4.93. The molecule has 3 aromatic rings. The van der Waals surface area contributed by atoms with Crippen LogP contribution in [0.15, 0.2) is 84.9 Å². The molecule has 2 atom stereocenters. The van der Waals surface area contributed by atoms with E-state index in [-0.39, 0.29) is 6.04 Å². The largest absolute Gasteiger partial charge is 0.386 e. The predicted molar refractivity (Wildman–Crippen MR) is 114 cm³/mol. The summed E-state index contributed by atoms with van der Waals surface area (Å²) in [5.74, 6) is 0. The van der Waals surface area contributed by atoms with Gasteiger partial charge in [-0.3, -0.25) is 0 Å². The molecule has 0 spiro atoms. The summed E-state index contributed by atoms with van der Waals surface area (Å²) in [7, 11) is 0. The van der Waals surface area contributed by atoms with Crippen LogP contribution in [0.2, 0.25) is 0 Å². The Kier molecular flexibility index (Phi) is 6.50. The average molecular weight is 361 g/mol. The lowest BCUT2D eigenvalue weighted by atomic mass is 9.95. The summed E-state index contributed by atoms with van der Waals surface area (Å²) < 4.78 is 0. The first kappa shape index (κ1) is 19.0. The van der Waals surface area contributed by atoms with Crippen molar-refractivity contribution < 1.29 is 5.11 Å². The smallest absolute Gasteiger partial charge is 0.103 e. The van der Waals surface area contributed by atoms with E-state index < -0.39 is 6.10 Å². The molecule has 3 aromatic carbocycles. The van der Waals surface area contributed by atoms with E-state index in [0.29, 0.717) is 0 Å². The summed E-state index contributed by atoms with van der Waals surface area (Å²) >= 11 is 0. The van der Waals surface area contributed by atoms with E-state index in [1.807, 2.05) is 60.7 Å². The molecule has 0 heterocycles. The molecule has 0 bridgehead atoms. The van der Waals surface area contributed by atoms with Crippen molar-refractivity contribution in [2.75, 3.05) is 23.3 Å². The highest BCUT2D eigenvalue weighted by atomic mass is 16.3. The highest BCUT2D eigenvalue weighted by Gasteiger charge is 2.22. The van der Waals surface area contributed by atoms with Crippen LogP contribution in [0.1, 0.15) is 37.1 Å². The van der Waals surface area contributed by atoms with Crippen LogP contribution in [-0.2, 0) is 0 Å². The zero-order valence-corrected chi connectivity index (χ0v) is 16.0. The van der Waals surface area contributed by atoms with Gasteiger partial charge in [-0.15, -0.1) is 0 Å². The standard InChI is InChI=1S/C24H28N2O/c1-3-26(4-2)22-17-15-21(16-18-22)25-23(19-11-7-5-8-12-19)24(27)20-13-9-6-10-14-20/h5-18,23-25,27H,3-4H2,1-2H3/t23-,24-/m1/s1. The molecule has 0 radical (unpaired) electrons. The molecular formula is C24H28N2O. The third kappa shape index (κ3) is 4.69. The summed E-state index contributed by atoms with van der Waals surface area (Å²) in [6.07, 6.45) is -0.643. The van der Waals surface area contributed by atoms with Crippen molar-refractivity contribution in [2.24, 2.45) is 0 Å². The fourth-order valence-corrected chi connectivity index (χ4v) is 3.38. The number of hydrogen-bond donors (Lipinski definition) is 2. The van der Waals surface area contributed by atoms with E-state index in [0.717, 1.165) is 29.9 Å². The third-order valence-electron chi connectivity index (χ3n) is 4.93. The number of anilines is 2. The van der Waals surface area contributed by atoms with Crippen LogP contribution in [0.5, 0.6) is 0 Å². The van der Waals surface area contributed by atoms with Gasteiger partial charge in [0.15, 0.2) is 0 Å². The monoisotopic (exact) mass is 360 g/mol. The van der Waals surface area contributed by atoms with Gasteiger partial charge in [-0.2, -0.15) is 0 Å². The maximum absolute atomic E-state index is 11.0. The van der Waals surface area contributed by atoms with Crippen molar-refractivity contribution in [3.8, 4) is 0 Å². The SMILES string of the molecule is CCN(CC)c1ccc(N[C@H](c2ccccc2)[C@H](O)c2ccccc2)cc1. The van der Waals surface area contributed by atoms with Gasteiger partial charge >= 0.3 is 0 Å².